The van der Waals surface area contributed by atoms with E-state index >= 15 is 0 Å². The summed E-state index contributed by atoms with van der Waals surface area (Å²) in [5.74, 6) is -0.0693. The number of amides is 1. The lowest BCUT2D eigenvalue weighted by atomic mass is 10.1. The average molecular weight is 341 g/mol. The van der Waals surface area contributed by atoms with Crippen molar-refractivity contribution in [3.63, 3.8) is 0 Å². The Morgan fingerprint density at radius 3 is 2.88 bits per heavy atom. The van der Waals surface area contributed by atoms with Crippen LogP contribution in [0, 0.1) is 6.92 Å². The van der Waals surface area contributed by atoms with Gasteiger partial charge in [0, 0.05) is 11.4 Å². The molecule has 122 valence electrons. The van der Waals surface area contributed by atoms with Crippen molar-refractivity contribution in [1.29, 1.82) is 0 Å². The summed E-state index contributed by atoms with van der Waals surface area (Å²) in [6, 6.07) is 13.4. The van der Waals surface area contributed by atoms with Gasteiger partial charge in [-0.1, -0.05) is 41.4 Å². The van der Waals surface area contributed by atoms with E-state index in [1.807, 2.05) is 25.1 Å². The molecule has 0 saturated carbocycles. The molecule has 24 heavy (non-hydrogen) atoms. The van der Waals surface area contributed by atoms with Gasteiger partial charge < -0.3 is 5.32 Å². The number of hydrogen-bond acceptors (Lipinski definition) is 3. The van der Waals surface area contributed by atoms with E-state index in [-0.39, 0.29) is 5.91 Å². The quantitative estimate of drug-likeness (QED) is 0.768. The Kier molecular flexibility index (Phi) is 4.91. The lowest BCUT2D eigenvalue weighted by Crippen LogP contribution is -2.14. The van der Waals surface area contributed by atoms with E-state index in [0.29, 0.717) is 23.6 Å². The number of hydrogen-bond donors (Lipinski definition) is 1. The highest BCUT2D eigenvalue weighted by Crippen LogP contribution is 2.24. The van der Waals surface area contributed by atoms with Gasteiger partial charge in [-0.15, -0.1) is 0 Å². The topological polar surface area (TPSA) is 59.8 Å². The average Bonchev–Trinajstić information content (AvgIpc) is 3.07. The van der Waals surface area contributed by atoms with Gasteiger partial charge in [0.1, 0.15) is 12.7 Å². The summed E-state index contributed by atoms with van der Waals surface area (Å²) in [6.07, 6.45) is 4.10. The lowest BCUT2D eigenvalue weighted by Gasteiger charge is -2.11. The van der Waals surface area contributed by atoms with E-state index in [4.69, 9.17) is 11.6 Å². The summed E-state index contributed by atoms with van der Waals surface area (Å²) in [6.45, 7) is 2.04. The van der Waals surface area contributed by atoms with Crippen molar-refractivity contribution in [2.45, 2.75) is 19.8 Å². The van der Waals surface area contributed by atoms with Gasteiger partial charge in [-0.25, -0.2) is 9.67 Å². The van der Waals surface area contributed by atoms with Crippen LogP contribution in [0.5, 0.6) is 0 Å². The highest BCUT2D eigenvalue weighted by atomic mass is 35.5. The second-order valence-electron chi connectivity index (χ2n) is 5.54. The Balaban J connectivity index is 1.71. The van der Waals surface area contributed by atoms with E-state index < -0.39 is 0 Å². The fourth-order valence-corrected chi connectivity index (χ4v) is 2.65. The van der Waals surface area contributed by atoms with E-state index in [9.17, 15) is 4.79 Å². The van der Waals surface area contributed by atoms with Gasteiger partial charge in [0.25, 0.3) is 0 Å². The first kappa shape index (κ1) is 16.2. The Labute approximate surface area is 145 Å². The molecule has 3 aromatic rings. The molecule has 0 bridgehead atoms. The SMILES string of the molecule is Cc1cccc(CCC(=O)Nc2cc(Cl)ccc2-n2cncn2)c1. The molecule has 2 aromatic carbocycles. The van der Waals surface area contributed by atoms with Crippen LogP contribution >= 0.6 is 11.6 Å². The second-order valence-corrected chi connectivity index (χ2v) is 5.98. The summed E-state index contributed by atoms with van der Waals surface area (Å²) in [5, 5.41) is 7.56. The van der Waals surface area contributed by atoms with Crippen LogP contribution in [0.15, 0.2) is 55.1 Å². The van der Waals surface area contributed by atoms with Crippen molar-refractivity contribution in [3.05, 3.63) is 71.3 Å². The van der Waals surface area contributed by atoms with E-state index in [1.54, 1.807) is 29.2 Å². The molecule has 1 N–H and O–H groups in total. The highest BCUT2D eigenvalue weighted by Gasteiger charge is 2.10. The molecule has 0 radical (unpaired) electrons. The van der Waals surface area contributed by atoms with Crippen molar-refractivity contribution < 1.29 is 4.79 Å². The third-order valence-electron chi connectivity index (χ3n) is 3.62. The molecule has 0 aliphatic heterocycles. The summed E-state index contributed by atoms with van der Waals surface area (Å²) in [5.41, 5.74) is 3.67. The Hall–Kier alpha value is -2.66. The standard InChI is InChI=1S/C18H17ClN4O/c1-13-3-2-4-14(9-13)5-8-18(24)22-16-10-15(19)6-7-17(16)23-12-20-11-21-23/h2-4,6-7,9-12H,5,8H2,1H3,(H,22,24). The molecule has 0 fully saturated rings. The molecular formula is C18H17ClN4O. The molecule has 5 nitrogen and oxygen atoms in total. The minimum Gasteiger partial charge on any atom is -0.324 e. The van der Waals surface area contributed by atoms with Crippen molar-refractivity contribution in [1.82, 2.24) is 14.8 Å². The molecule has 1 heterocycles. The van der Waals surface area contributed by atoms with E-state index in [1.165, 1.54) is 11.9 Å². The van der Waals surface area contributed by atoms with Crippen LogP contribution in [-0.2, 0) is 11.2 Å². The maximum Gasteiger partial charge on any atom is 0.224 e. The number of nitrogens with zero attached hydrogens (tertiary/aromatic N) is 3. The number of carbonyl (C=O) groups excluding carboxylic acids is 1. The Morgan fingerprint density at radius 2 is 2.12 bits per heavy atom. The molecule has 0 atom stereocenters. The van der Waals surface area contributed by atoms with Crippen molar-refractivity contribution in [2.75, 3.05) is 5.32 Å². The van der Waals surface area contributed by atoms with Gasteiger partial charge in [-0.2, -0.15) is 5.10 Å². The van der Waals surface area contributed by atoms with Crippen molar-refractivity contribution >= 4 is 23.2 Å². The molecule has 0 aliphatic carbocycles. The maximum atomic E-state index is 12.3. The molecule has 0 saturated heterocycles. The van der Waals surface area contributed by atoms with Crippen LogP contribution in [0.2, 0.25) is 5.02 Å². The number of halogens is 1. The number of aryl methyl sites for hydroxylation is 2. The number of anilines is 1. The van der Waals surface area contributed by atoms with Gasteiger partial charge in [-0.3, -0.25) is 4.79 Å². The van der Waals surface area contributed by atoms with E-state index in [2.05, 4.69) is 21.5 Å². The lowest BCUT2D eigenvalue weighted by molar-refractivity contribution is -0.116. The molecule has 0 spiro atoms. The number of benzene rings is 2. The van der Waals surface area contributed by atoms with Gasteiger partial charge in [0.15, 0.2) is 0 Å². The number of rotatable bonds is 5. The van der Waals surface area contributed by atoms with Gasteiger partial charge in [0.05, 0.1) is 11.4 Å². The molecule has 3 rings (SSSR count). The first-order valence-corrected chi connectivity index (χ1v) is 7.99. The first-order valence-electron chi connectivity index (χ1n) is 7.62. The van der Waals surface area contributed by atoms with Crippen LogP contribution in [-0.4, -0.2) is 20.7 Å². The molecule has 1 aromatic heterocycles. The summed E-state index contributed by atoms with van der Waals surface area (Å²) in [7, 11) is 0. The monoisotopic (exact) mass is 340 g/mol. The highest BCUT2D eigenvalue weighted by molar-refractivity contribution is 6.31. The van der Waals surface area contributed by atoms with Gasteiger partial charge >= 0.3 is 0 Å². The van der Waals surface area contributed by atoms with Gasteiger partial charge in [0.2, 0.25) is 5.91 Å². The minimum absolute atomic E-state index is 0.0693. The second kappa shape index (κ2) is 7.27. The molecular weight excluding hydrogens is 324 g/mol. The number of carbonyl (C=O) groups is 1. The molecule has 6 heteroatoms. The van der Waals surface area contributed by atoms with Crippen LogP contribution in [0.3, 0.4) is 0 Å². The molecule has 1 amide bonds. The zero-order valence-electron chi connectivity index (χ0n) is 13.2. The number of aromatic nitrogens is 3. The fourth-order valence-electron chi connectivity index (χ4n) is 2.48. The largest absolute Gasteiger partial charge is 0.324 e. The predicted molar refractivity (Wildman–Crippen MR) is 94.5 cm³/mol. The van der Waals surface area contributed by atoms with Crippen LogP contribution in [0.1, 0.15) is 17.5 Å². The van der Waals surface area contributed by atoms with E-state index in [0.717, 1.165) is 11.3 Å². The summed E-state index contributed by atoms with van der Waals surface area (Å²) >= 11 is 6.06. The Morgan fingerprint density at radius 1 is 1.25 bits per heavy atom. The van der Waals surface area contributed by atoms with Crippen LogP contribution in [0.25, 0.3) is 5.69 Å². The van der Waals surface area contributed by atoms with Crippen molar-refractivity contribution in [2.24, 2.45) is 0 Å². The smallest absolute Gasteiger partial charge is 0.224 e. The fraction of sp³-hybridized carbons (Fsp3) is 0.167. The summed E-state index contributed by atoms with van der Waals surface area (Å²) < 4.78 is 1.59. The zero-order valence-corrected chi connectivity index (χ0v) is 14.0. The van der Waals surface area contributed by atoms with Crippen molar-refractivity contribution in [3.8, 4) is 5.69 Å². The Bertz CT molecular complexity index is 846. The normalized spacial score (nSPS) is 10.6. The number of nitrogens with one attached hydrogen (secondary N) is 1. The maximum absolute atomic E-state index is 12.3. The van der Waals surface area contributed by atoms with Crippen LogP contribution < -0.4 is 5.32 Å². The third-order valence-corrected chi connectivity index (χ3v) is 3.86. The summed E-state index contributed by atoms with van der Waals surface area (Å²) in [4.78, 5) is 16.2. The zero-order chi connectivity index (χ0) is 16.9. The van der Waals surface area contributed by atoms with Crippen LogP contribution in [0.4, 0.5) is 5.69 Å². The predicted octanol–water partition coefficient (Wildman–Crippen LogP) is 3.80. The molecule has 0 aliphatic rings. The minimum atomic E-state index is -0.0693. The van der Waals surface area contributed by atoms with Gasteiger partial charge in [-0.05, 0) is 37.1 Å². The third kappa shape index (κ3) is 4.00. The first-order chi connectivity index (χ1) is 11.6. The molecule has 0 unspecified atom stereocenters.